The number of nitrogens with zero attached hydrogens (tertiary/aromatic N) is 2. The van der Waals surface area contributed by atoms with Gasteiger partial charge in [0.1, 0.15) is 28.1 Å². The summed E-state index contributed by atoms with van der Waals surface area (Å²) >= 11 is 7.53. The Labute approximate surface area is 169 Å². The smallest absolute Gasteiger partial charge is 0.292 e. The first-order chi connectivity index (χ1) is 13.7. The Bertz CT molecular complexity index is 1180. The number of hydrogen-bond acceptors (Lipinski definition) is 5. The van der Waals surface area contributed by atoms with Crippen LogP contribution in [-0.2, 0) is 5.75 Å². The van der Waals surface area contributed by atoms with Crippen molar-refractivity contribution in [2.75, 3.05) is 5.32 Å². The number of amides is 1. The molecule has 0 aliphatic rings. The van der Waals surface area contributed by atoms with Crippen LogP contribution in [0.25, 0.3) is 11.0 Å². The lowest BCUT2D eigenvalue weighted by molar-refractivity contribution is 0.0998. The summed E-state index contributed by atoms with van der Waals surface area (Å²) < 4.78 is 5.55. The predicted octanol–water partition coefficient (Wildman–Crippen LogP) is 5.23. The zero-order chi connectivity index (χ0) is 19.5. The summed E-state index contributed by atoms with van der Waals surface area (Å²) in [4.78, 5) is 12.5. The van der Waals surface area contributed by atoms with Crippen molar-refractivity contribution in [1.29, 1.82) is 5.26 Å². The van der Waals surface area contributed by atoms with Crippen LogP contribution in [-0.4, -0.2) is 16.1 Å². The van der Waals surface area contributed by atoms with Gasteiger partial charge in [-0.05, 0) is 23.8 Å². The Balaban J connectivity index is 1.51. The van der Waals surface area contributed by atoms with Gasteiger partial charge in [0.25, 0.3) is 5.91 Å². The third-order valence-corrected chi connectivity index (χ3v) is 5.45. The molecule has 1 amide bonds. The van der Waals surface area contributed by atoms with Gasteiger partial charge in [0.2, 0.25) is 0 Å². The number of fused-ring (bicyclic) bond motifs is 1. The summed E-state index contributed by atoms with van der Waals surface area (Å²) in [6.07, 6.45) is 0. The molecule has 2 heterocycles. The molecular formula is C20H13ClN4O2S. The van der Waals surface area contributed by atoms with Crippen molar-refractivity contribution in [2.24, 2.45) is 0 Å². The molecule has 0 saturated heterocycles. The maximum atomic E-state index is 12.5. The molecule has 6 nitrogen and oxygen atoms in total. The fourth-order valence-corrected chi connectivity index (χ4v) is 3.88. The van der Waals surface area contributed by atoms with Crippen LogP contribution < -0.4 is 5.32 Å². The largest absolute Gasteiger partial charge is 0.451 e. The molecule has 0 aliphatic heterocycles. The van der Waals surface area contributed by atoms with Crippen LogP contribution in [0, 0.1) is 11.3 Å². The molecule has 8 heteroatoms. The molecule has 0 radical (unpaired) electrons. The zero-order valence-electron chi connectivity index (χ0n) is 14.4. The van der Waals surface area contributed by atoms with Crippen LogP contribution in [0.5, 0.6) is 0 Å². The molecule has 0 bridgehead atoms. The first-order valence-corrected chi connectivity index (χ1v) is 9.66. The second kappa shape index (κ2) is 7.80. The molecule has 2 aromatic carbocycles. The minimum atomic E-state index is -0.459. The maximum absolute atomic E-state index is 12.5. The van der Waals surface area contributed by atoms with Crippen LogP contribution in [0.15, 0.2) is 64.0 Å². The van der Waals surface area contributed by atoms with Crippen molar-refractivity contribution in [3.8, 4) is 6.07 Å². The first-order valence-electron chi connectivity index (χ1n) is 8.30. The van der Waals surface area contributed by atoms with Gasteiger partial charge in [0.05, 0.1) is 0 Å². The van der Waals surface area contributed by atoms with Gasteiger partial charge >= 0.3 is 0 Å². The Morgan fingerprint density at radius 2 is 2.04 bits per heavy atom. The van der Waals surface area contributed by atoms with Crippen LogP contribution >= 0.6 is 23.4 Å². The summed E-state index contributed by atoms with van der Waals surface area (Å²) in [5.41, 5.74) is 1.82. The second-order valence-corrected chi connectivity index (χ2v) is 7.24. The topological polar surface area (TPSA) is 94.7 Å². The number of para-hydroxylation sites is 1. The SMILES string of the molecule is N#Cc1c(SCc2ccccc2Cl)n[nH]c1NC(=O)c1cc2ccccc2o1. The number of furan rings is 1. The molecule has 4 aromatic rings. The number of H-pyrrole nitrogens is 1. The zero-order valence-corrected chi connectivity index (χ0v) is 16.0. The van der Waals surface area contributed by atoms with Gasteiger partial charge in [0, 0.05) is 16.2 Å². The fourth-order valence-electron chi connectivity index (χ4n) is 2.65. The first kappa shape index (κ1) is 18.2. The number of anilines is 1. The van der Waals surface area contributed by atoms with Gasteiger partial charge in [0.15, 0.2) is 5.76 Å². The summed E-state index contributed by atoms with van der Waals surface area (Å²) in [6.45, 7) is 0. The van der Waals surface area contributed by atoms with Gasteiger partial charge in [-0.15, -0.1) is 0 Å². The predicted molar refractivity (Wildman–Crippen MR) is 108 cm³/mol. The number of carbonyl (C=O) groups is 1. The van der Waals surface area contributed by atoms with E-state index in [0.717, 1.165) is 10.9 Å². The van der Waals surface area contributed by atoms with E-state index in [-0.39, 0.29) is 17.1 Å². The van der Waals surface area contributed by atoms with Crippen molar-refractivity contribution in [1.82, 2.24) is 10.2 Å². The Hall–Kier alpha value is -3.21. The van der Waals surface area contributed by atoms with Crippen LogP contribution in [0.3, 0.4) is 0 Å². The van der Waals surface area contributed by atoms with Crippen molar-refractivity contribution in [3.63, 3.8) is 0 Å². The number of nitriles is 1. The third kappa shape index (κ3) is 3.60. The number of rotatable bonds is 5. The fraction of sp³-hybridized carbons (Fsp3) is 0.0500. The number of thioether (sulfide) groups is 1. The van der Waals surface area contributed by atoms with Gasteiger partial charge in [-0.25, -0.2) is 0 Å². The standard InChI is InChI=1S/C20H13ClN4O2S/c21-15-7-3-1-6-13(15)11-28-20-14(10-22)18(24-25-20)23-19(26)17-9-12-5-2-4-8-16(12)27-17/h1-9H,11H2,(H2,23,24,25,26). The normalized spacial score (nSPS) is 10.7. The highest BCUT2D eigenvalue weighted by Crippen LogP contribution is 2.30. The second-order valence-electron chi connectivity index (χ2n) is 5.87. The Morgan fingerprint density at radius 1 is 1.25 bits per heavy atom. The molecule has 0 spiro atoms. The number of halogens is 1. The molecule has 2 aromatic heterocycles. The van der Waals surface area contributed by atoms with Crippen LogP contribution in [0.1, 0.15) is 21.7 Å². The average molecular weight is 409 g/mol. The molecule has 0 fully saturated rings. The maximum Gasteiger partial charge on any atom is 0.292 e. The minimum Gasteiger partial charge on any atom is -0.451 e. The monoisotopic (exact) mass is 408 g/mol. The molecule has 28 heavy (non-hydrogen) atoms. The number of carbonyl (C=O) groups excluding carboxylic acids is 1. The number of benzene rings is 2. The lowest BCUT2D eigenvalue weighted by Crippen LogP contribution is -2.12. The molecule has 2 N–H and O–H groups in total. The minimum absolute atomic E-state index is 0.157. The quantitative estimate of drug-likeness (QED) is 0.441. The van der Waals surface area contributed by atoms with Gasteiger partial charge in [-0.3, -0.25) is 9.89 Å². The van der Waals surface area contributed by atoms with Crippen molar-refractivity contribution >= 4 is 46.1 Å². The lowest BCUT2D eigenvalue weighted by Gasteiger charge is -2.02. The molecular weight excluding hydrogens is 396 g/mol. The van der Waals surface area contributed by atoms with Crippen LogP contribution in [0.4, 0.5) is 5.82 Å². The summed E-state index contributed by atoms with van der Waals surface area (Å²) in [7, 11) is 0. The molecule has 138 valence electrons. The Morgan fingerprint density at radius 3 is 2.82 bits per heavy atom. The molecule has 4 rings (SSSR count). The number of aromatic nitrogens is 2. The number of hydrogen-bond donors (Lipinski definition) is 2. The van der Waals surface area contributed by atoms with E-state index >= 15 is 0 Å². The van der Waals surface area contributed by atoms with E-state index in [1.807, 2.05) is 42.5 Å². The van der Waals surface area contributed by atoms with Crippen molar-refractivity contribution < 1.29 is 9.21 Å². The highest BCUT2D eigenvalue weighted by molar-refractivity contribution is 7.98. The third-order valence-electron chi connectivity index (χ3n) is 4.05. The number of aromatic amines is 1. The van der Waals surface area contributed by atoms with E-state index < -0.39 is 5.91 Å². The highest BCUT2D eigenvalue weighted by atomic mass is 35.5. The average Bonchev–Trinajstić information content (AvgIpc) is 3.31. The summed E-state index contributed by atoms with van der Waals surface area (Å²) in [5.74, 6) is 0.481. The molecule has 0 aliphatic carbocycles. The van der Waals surface area contributed by atoms with E-state index in [2.05, 4.69) is 21.6 Å². The number of nitrogens with one attached hydrogen (secondary N) is 2. The van der Waals surface area contributed by atoms with E-state index in [1.165, 1.54) is 11.8 Å². The van der Waals surface area contributed by atoms with Crippen molar-refractivity contribution in [2.45, 2.75) is 10.8 Å². The van der Waals surface area contributed by atoms with E-state index in [0.29, 0.717) is 21.4 Å². The summed E-state index contributed by atoms with van der Waals surface area (Å²) in [6, 6.07) is 18.6. The van der Waals surface area contributed by atoms with Gasteiger partial charge in [-0.1, -0.05) is 59.8 Å². The highest BCUT2D eigenvalue weighted by Gasteiger charge is 2.19. The van der Waals surface area contributed by atoms with Crippen molar-refractivity contribution in [3.05, 3.63) is 76.5 Å². The van der Waals surface area contributed by atoms with E-state index in [1.54, 1.807) is 12.1 Å². The lowest BCUT2D eigenvalue weighted by atomic mass is 10.2. The molecule has 0 saturated carbocycles. The van der Waals surface area contributed by atoms with E-state index in [9.17, 15) is 10.1 Å². The van der Waals surface area contributed by atoms with Gasteiger partial charge < -0.3 is 9.73 Å². The molecule has 0 atom stereocenters. The van der Waals surface area contributed by atoms with E-state index in [4.69, 9.17) is 16.0 Å². The molecule has 0 unspecified atom stereocenters. The van der Waals surface area contributed by atoms with Gasteiger partial charge in [-0.2, -0.15) is 10.4 Å². The van der Waals surface area contributed by atoms with Crippen LogP contribution in [0.2, 0.25) is 5.02 Å². The Kier molecular flexibility index (Phi) is 5.06. The summed E-state index contributed by atoms with van der Waals surface area (Å²) in [5, 5.41) is 21.0.